The van der Waals surface area contributed by atoms with Gasteiger partial charge in [-0.05, 0) is 18.2 Å². The molecule has 1 saturated heterocycles. The van der Waals surface area contributed by atoms with E-state index in [9.17, 15) is 18.0 Å². The lowest BCUT2D eigenvalue weighted by molar-refractivity contribution is -0.222. The van der Waals surface area contributed by atoms with Crippen molar-refractivity contribution in [3.63, 3.8) is 0 Å². The molecule has 1 aromatic rings. The Morgan fingerprint density at radius 2 is 1.78 bits per heavy atom. The highest BCUT2D eigenvalue weighted by atomic mass is 35.5. The zero-order valence-electron chi connectivity index (χ0n) is 12.0. The van der Waals surface area contributed by atoms with Gasteiger partial charge in [0, 0.05) is 25.7 Å². The molecule has 0 bridgehead atoms. The van der Waals surface area contributed by atoms with Crippen LogP contribution in [0.2, 0.25) is 5.02 Å². The maximum absolute atomic E-state index is 11.7. The van der Waals surface area contributed by atoms with Crippen molar-refractivity contribution in [3.05, 3.63) is 35.0 Å². The number of cyclic esters (lactones) is 2. The normalized spacial score (nSPS) is 17.3. The average molecular weight is 362 g/mol. The molecule has 0 aliphatic carbocycles. The van der Waals surface area contributed by atoms with Crippen molar-refractivity contribution >= 4 is 39.3 Å². The van der Waals surface area contributed by atoms with Gasteiger partial charge in [-0.2, -0.15) is 8.42 Å². The molecule has 8 nitrogen and oxygen atoms in total. The van der Waals surface area contributed by atoms with E-state index in [0.717, 1.165) is 12.3 Å². The van der Waals surface area contributed by atoms with E-state index < -0.39 is 38.3 Å². The molecule has 1 aromatic carbocycles. The third kappa shape index (κ3) is 4.01. The van der Waals surface area contributed by atoms with Crippen LogP contribution < -0.4 is 5.32 Å². The van der Waals surface area contributed by atoms with Gasteiger partial charge in [-0.25, -0.2) is 9.59 Å². The number of carbonyl (C=O) groups excluding carboxylic acids is 2. The van der Waals surface area contributed by atoms with E-state index in [1.54, 1.807) is 0 Å². The van der Waals surface area contributed by atoms with Crippen LogP contribution >= 0.6 is 11.6 Å². The maximum Gasteiger partial charge on any atom is 0.350 e. The lowest BCUT2D eigenvalue weighted by atomic mass is 10.2. The minimum Gasteiger partial charge on any atom is -0.419 e. The van der Waals surface area contributed by atoms with E-state index in [-0.39, 0.29) is 10.7 Å². The summed E-state index contributed by atoms with van der Waals surface area (Å²) in [5.41, 5.74) is -0.229. The molecule has 2 N–H and O–H groups in total. The van der Waals surface area contributed by atoms with Crippen molar-refractivity contribution in [3.8, 4) is 0 Å². The number of anilines is 1. The Labute approximate surface area is 136 Å². The molecule has 0 atom stereocenters. The molecule has 0 saturated carbocycles. The number of benzene rings is 1. The quantitative estimate of drug-likeness (QED) is 0.361. The zero-order valence-corrected chi connectivity index (χ0v) is 13.6. The Kier molecular flexibility index (Phi) is 4.38. The first-order chi connectivity index (χ1) is 10.5. The minimum absolute atomic E-state index is 0.167. The van der Waals surface area contributed by atoms with E-state index in [1.165, 1.54) is 26.0 Å². The van der Waals surface area contributed by atoms with Crippen LogP contribution in [0.15, 0.2) is 34.9 Å². The molecular weight excluding hydrogens is 350 g/mol. The molecule has 0 unspecified atom stereocenters. The van der Waals surface area contributed by atoms with Gasteiger partial charge in [0.1, 0.15) is 4.90 Å². The van der Waals surface area contributed by atoms with E-state index >= 15 is 0 Å². The van der Waals surface area contributed by atoms with Crippen LogP contribution in [-0.4, -0.2) is 30.7 Å². The summed E-state index contributed by atoms with van der Waals surface area (Å²) in [4.78, 5) is 23.0. The number of hydrogen-bond donors (Lipinski definition) is 2. The number of halogens is 1. The summed E-state index contributed by atoms with van der Waals surface area (Å²) >= 11 is 5.68. The van der Waals surface area contributed by atoms with Crippen molar-refractivity contribution in [1.82, 2.24) is 0 Å². The topological polar surface area (TPSA) is 119 Å². The largest absolute Gasteiger partial charge is 0.419 e. The number of carbonyl (C=O) groups is 2. The summed E-state index contributed by atoms with van der Waals surface area (Å²) in [6.45, 7) is 2.81. The van der Waals surface area contributed by atoms with Crippen molar-refractivity contribution in [2.75, 3.05) is 5.32 Å². The van der Waals surface area contributed by atoms with Gasteiger partial charge in [-0.3, -0.25) is 4.55 Å². The van der Waals surface area contributed by atoms with E-state index in [0.29, 0.717) is 0 Å². The van der Waals surface area contributed by atoms with E-state index in [1.807, 2.05) is 0 Å². The molecule has 1 aliphatic heterocycles. The average Bonchev–Trinajstić information content (AvgIpc) is 2.36. The predicted molar refractivity (Wildman–Crippen MR) is 79.2 cm³/mol. The van der Waals surface area contributed by atoms with Crippen LogP contribution in [0.1, 0.15) is 13.8 Å². The summed E-state index contributed by atoms with van der Waals surface area (Å²) in [7, 11) is -4.51. The predicted octanol–water partition coefficient (Wildman–Crippen LogP) is 1.72. The summed E-state index contributed by atoms with van der Waals surface area (Å²) in [5, 5.41) is 2.37. The van der Waals surface area contributed by atoms with Gasteiger partial charge in [-0.15, -0.1) is 0 Å². The number of esters is 2. The second-order valence-electron chi connectivity index (χ2n) is 5.00. The van der Waals surface area contributed by atoms with Crippen LogP contribution in [0, 0.1) is 0 Å². The first-order valence-corrected chi connectivity index (χ1v) is 8.02. The van der Waals surface area contributed by atoms with Crippen molar-refractivity contribution in [1.29, 1.82) is 0 Å². The van der Waals surface area contributed by atoms with Crippen molar-refractivity contribution < 1.29 is 32.0 Å². The van der Waals surface area contributed by atoms with Gasteiger partial charge in [-0.1, -0.05) is 11.6 Å². The van der Waals surface area contributed by atoms with Crippen LogP contribution in [0.25, 0.3) is 0 Å². The molecule has 23 heavy (non-hydrogen) atoms. The molecule has 10 heteroatoms. The van der Waals surface area contributed by atoms with Crippen molar-refractivity contribution in [2.24, 2.45) is 0 Å². The molecule has 0 spiro atoms. The van der Waals surface area contributed by atoms with Crippen LogP contribution in [0.5, 0.6) is 0 Å². The van der Waals surface area contributed by atoms with Gasteiger partial charge in [0.05, 0.1) is 5.02 Å². The second kappa shape index (κ2) is 5.84. The Morgan fingerprint density at radius 1 is 1.22 bits per heavy atom. The van der Waals surface area contributed by atoms with Gasteiger partial charge in [0.15, 0.2) is 5.57 Å². The Bertz CT molecular complexity index is 792. The summed E-state index contributed by atoms with van der Waals surface area (Å²) in [6, 6.07) is 3.65. The highest BCUT2D eigenvalue weighted by Crippen LogP contribution is 2.26. The SMILES string of the molecule is CC1(C)OC(=O)C(=CNc2ccc(Cl)c(S(=O)(=O)O)c2)C(=O)O1. The fourth-order valence-electron chi connectivity index (χ4n) is 1.72. The standard InChI is InChI=1S/C13H12ClNO7S/c1-13(2)21-11(16)8(12(17)22-13)6-15-7-3-4-9(14)10(5-7)23(18,19)20/h3-6,15H,1-2H3,(H,18,19,20). The molecule has 0 radical (unpaired) electrons. The Balaban J connectivity index is 2.27. The molecule has 124 valence electrons. The van der Waals surface area contributed by atoms with Crippen LogP contribution in [-0.2, 0) is 29.2 Å². The number of nitrogens with one attached hydrogen (secondary N) is 1. The highest BCUT2D eigenvalue weighted by Gasteiger charge is 2.38. The summed E-state index contributed by atoms with van der Waals surface area (Å²) in [5.74, 6) is -3.13. The smallest absolute Gasteiger partial charge is 0.350 e. The molecule has 0 amide bonds. The number of hydrogen-bond acceptors (Lipinski definition) is 7. The molecule has 2 rings (SSSR count). The number of rotatable bonds is 3. The molecule has 1 heterocycles. The molecule has 0 aromatic heterocycles. The highest BCUT2D eigenvalue weighted by molar-refractivity contribution is 7.86. The van der Waals surface area contributed by atoms with E-state index in [2.05, 4.69) is 5.32 Å². The first kappa shape index (κ1) is 17.3. The first-order valence-electron chi connectivity index (χ1n) is 6.20. The van der Waals surface area contributed by atoms with Crippen LogP contribution in [0.4, 0.5) is 5.69 Å². The fourth-order valence-corrected chi connectivity index (χ4v) is 2.73. The molecule has 1 aliphatic rings. The lowest BCUT2D eigenvalue weighted by Crippen LogP contribution is -2.42. The Morgan fingerprint density at radius 3 is 2.30 bits per heavy atom. The molecular formula is C13H12ClNO7S. The minimum atomic E-state index is -4.51. The monoisotopic (exact) mass is 361 g/mol. The lowest BCUT2D eigenvalue weighted by Gasteiger charge is -2.29. The fraction of sp³-hybridized carbons (Fsp3) is 0.231. The third-order valence-electron chi connectivity index (χ3n) is 2.71. The van der Waals surface area contributed by atoms with Crippen LogP contribution in [0.3, 0.4) is 0 Å². The van der Waals surface area contributed by atoms with Gasteiger partial charge >= 0.3 is 11.9 Å². The van der Waals surface area contributed by atoms with Gasteiger partial charge < -0.3 is 14.8 Å². The number of ether oxygens (including phenoxy) is 2. The van der Waals surface area contributed by atoms with Crippen molar-refractivity contribution in [2.45, 2.75) is 24.5 Å². The molecule has 1 fully saturated rings. The van der Waals surface area contributed by atoms with E-state index in [4.69, 9.17) is 25.6 Å². The second-order valence-corrected chi connectivity index (χ2v) is 6.80. The summed E-state index contributed by atoms with van der Waals surface area (Å²) in [6.07, 6.45) is 1.01. The third-order valence-corrected chi connectivity index (χ3v) is 4.04. The zero-order chi connectivity index (χ0) is 17.4. The summed E-state index contributed by atoms with van der Waals surface area (Å²) < 4.78 is 41.2. The Hall–Kier alpha value is -2.10. The van der Waals surface area contributed by atoms with Gasteiger partial charge in [0.2, 0.25) is 0 Å². The maximum atomic E-state index is 11.7. The van der Waals surface area contributed by atoms with Gasteiger partial charge in [0.25, 0.3) is 15.9 Å².